The van der Waals surface area contributed by atoms with Gasteiger partial charge in [0.15, 0.2) is 5.96 Å². The van der Waals surface area contributed by atoms with Crippen LogP contribution < -0.4 is 10.2 Å². The van der Waals surface area contributed by atoms with Gasteiger partial charge in [0.05, 0.1) is 11.9 Å². The second kappa shape index (κ2) is 9.86. The number of anilines is 1. The van der Waals surface area contributed by atoms with E-state index in [2.05, 4.69) is 20.3 Å². The average molecular weight is 490 g/mol. The summed E-state index contributed by atoms with van der Waals surface area (Å²) in [6.45, 7) is 3.38. The summed E-state index contributed by atoms with van der Waals surface area (Å²) in [4.78, 5) is 8.34. The van der Waals surface area contributed by atoms with E-state index < -0.39 is 5.82 Å². The molecule has 1 aromatic heterocycles. The molecule has 9 heteroatoms. The third-order valence-corrected chi connectivity index (χ3v) is 4.50. The molecule has 0 saturated carbocycles. The number of halogens is 3. The number of rotatable bonds is 4. The number of aryl methyl sites for hydroxylation is 1. The lowest BCUT2D eigenvalue weighted by atomic mass is 10.2. The maximum Gasteiger partial charge on any atom is 0.193 e. The molecule has 1 fully saturated rings. The van der Waals surface area contributed by atoms with Gasteiger partial charge in [-0.3, -0.25) is 9.67 Å². The second-order valence-electron chi connectivity index (χ2n) is 6.32. The van der Waals surface area contributed by atoms with Gasteiger partial charge in [-0.1, -0.05) is 0 Å². The molecule has 1 aliphatic rings. The van der Waals surface area contributed by atoms with Gasteiger partial charge < -0.3 is 15.1 Å². The lowest BCUT2D eigenvalue weighted by Gasteiger charge is -2.37. The van der Waals surface area contributed by atoms with Crippen molar-refractivity contribution in [2.75, 3.05) is 44.7 Å². The third-order valence-electron chi connectivity index (χ3n) is 4.50. The zero-order chi connectivity index (χ0) is 18.5. The standard InChI is InChI=1S/C18H24F2N6.HI/c1-21-18(22-6-5-14-12-23-24(2)13-14)26-9-7-25(8-10-26)17-11-15(19)3-4-16(17)20;/h3-4,11-13H,5-10H2,1-2H3,(H,21,22);1H. The van der Waals surface area contributed by atoms with Crippen LogP contribution in [0.15, 0.2) is 35.6 Å². The quantitative estimate of drug-likeness (QED) is 0.406. The van der Waals surface area contributed by atoms with Crippen LogP contribution >= 0.6 is 24.0 Å². The predicted octanol–water partition coefficient (Wildman–Crippen LogP) is 2.26. The molecule has 1 aliphatic heterocycles. The van der Waals surface area contributed by atoms with Gasteiger partial charge in [-0.2, -0.15) is 5.10 Å². The first-order chi connectivity index (χ1) is 12.6. The fourth-order valence-electron chi connectivity index (χ4n) is 3.14. The summed E-state index contributed by atoms with van der Waals surface area (Å²) in [5.41, 5.74) is 1.49. The van der Waals surface area contributed by atoms with Crippen LogP contribution in [-0.4, -0.2) is 60.4 Å². The molecule has 1 aromatic carbocycles. The smallest absolute Gasteiger partial charge is 0.193 e. The van der Waals surface area contributed by atoms with Crippen LogP contribution in [0.5, 0.6) is 0 Å². The number of benzene rings is 1. The zero-order valence-corrected chi connectivity index (χ0v) is 17.9. The minimum Gasteiger partial charge on any atom is -0.366 e. The van der Waals surface area contributed by atoms with Gasteiger partial charge in [0, 0.05) is 59.1 Å². The fourth-order valence-corrected chi connectivity index (χ4v) is 3.14. The highest BCUT2D eigenvalue weighted by Crippen LogP contribution is 2.21. The molecule has 2 aromatic rings. The van der Waals surface area contributed by atoms with Gasteiger partial charge in [0.25, 0.3) is 0 Å². The van der Waals surface area contributed by atoms with Crippen LogP contribution in [0.3, 0.4) is 0 Å². The Morgan fingerprint density at radius 2 is 1.96 bits per heavy atom. The summed E-state index contributed by atoms with van der Waals surface area (Å²) in [6, 6.07) is 3.57. The van der Waals surface area contributed by atoms with E-state index in [9.17, 15) is 8.78 Å². The van der Waals surface area contributed by atoms with Crippen LogP contribution in [0.4, 0.5) is 14.5 Å². The molecule has 2 heterocycles. The minimum absolute atomic E-state index is 0. The van der Waals surface area contributed by atoms with E-state index in [4.69, 9.17) is 0 Å². The van der Waals surface area contributed by atoms with Gasteiger partial charge in [-0.25, -0.2) is 8.78 Å². The van der Waals surface area contributed by atoms with Gasteiger partial charge in [0.2, 0.25) is 0 Å². The average Bonchev–Trinajstić information content (AvgIpc) is 3.06. The monoisotopic (exact) mass is 490 g/mol. The molecule has 0 atom stereocenters. The van der Waals surface area contributed by atoms with Crippen molar-refractivity contribution in [3.8, 4) is 0 Å². The summed E-state index contributed by atoms with van der Waals surface area (Å²) < 4.78 is 29.1. The minimum atomic E-state index is -0.420. The Labute approximate surface area is 175 Å². The first-order valence-electron chi connectivity index (χ1n) is 8.70. The van der Waals surface area contributed by atoms with Crippen LogP contribution in [0.1, 0.15) is 5.56 Å². The van der Waals surface area contributed by atoms with Gasteiger partial charge in [-0.15, -0.1) is 24.0 Å². The van der Waals surface area contributed by atoms with Crippen molar-refractivity contribution in [2.24, 2.45) is 12.0 Å². The van der Waals surface area contributed by atoms with Crippen molar-refractivity contribution in [3.05, 3.63) is 47.8 Å². The number of guanidine groups is 1. The van der Waals surface area contributed by atoms with E-state index in [1.165, 1.54) is 17.7 Å². The predicted molar refractivity (Wildman–Crippen MR) is 114 cm³/mol. The Morgan fingerprint density at radius 3 is 2.59 bits per heavy atom. The summed E-state index contributed by atoms with van der Waals surface area (Å²) in [7, 11) is 3.65. The van der Waals surface area contributed by atoms with Crippen molar-refractivity contribution in [3.63, 3.8) is 0 Å². The molecule has 0 amide bonds. The molecule has 1 N–H and O–H groups in total. The van der Waals surface area contributed by atoms with Crippen molar-refractivity contribution in [1.29, 1.82) is 0 Å². The molecule has 0 spiro atoms. The van der Waals surface area contributed by atoms with Crippen molar-refractivity contribution in [2.45, 2.75) is 6.42 Å². The molecule has 0 radical (unpaired) electrons. The molecule has 27 heavy (non-hydrogen) atoms. The summed E-state index contributed by atoms with van der Waals surface area (Å²) in [5.74, 6) is 0.0174. The van der Waals surface area contributed by atoms with E-state index in [-0.39, 0.29) is 29.8 Å². The second-order valence-corrected chi connectivity index (χ2v) is 6.32. The Balaban J connectivity index is 0.00000261. The largest absolute Gasteiger partial charge is 0.366 e. The molecule has 148 valence electrons. The van der Waals surface area contributed by atoms with E-state index in [1.807, 2.05) is 24.3 Å². The zero-order valence-electron chi connectivity index (χ0n) is 15.5. The van der Waals surface area contributed by atoms with Crippen LogP contribution in [0.25, 0.3) is 0 Å². The molecule has 1 saturated heterocycles. The van der Waals surface area contributed by atoms with E-state index >= 15 is 0 Å². The fraction of sp³-hybridized carbons (Fsp3) is 0.444. The number of piperazine rings is 1. The maximum atomic E-state index is 13.9. The van der Waals surface area contributed by atoms with E-state index in [0.717, 1.165) is 25.0 Å². The first-order valence-corrected chi connectivity index (χ1v) is 8.70. The van der Waals surface area contributed by atoms with Crippen LogP contribution in [0.2, 0.25) is 0 Å². The number of nitrogens with one attached hydrogen (secondary N) is 1. The highest BCUT2D eigenvalue weighted by molar-refractivity contribution is 14.0. The topological polar surface area (TPSA) is 48.7 Å². The Hall–Kier alpha value is -1.91. The van der Waals surface area contributed by atoms with Crippen molar-refractivity contribution >= 4 is 35.6 Å². The molecule has 0 unspecified atom stereocenters. The molecule has 0 aliphatic carbocycles. The van der Waals surface area contributed by atoms with E-state index in [1.54, 1.807) is 11.7 Å². The molecular formula is C18H25F2IN6. The number of hydrogen-bond acceptors (Lipinski definition) is 3. The van der Waals surface area contributed by atoms with Gasteiger partial charge in [-0.05, 0) is 24.1 Å². The summed E-state index contributed by atoms with van der Waals surface area (Å²) >= 11 is 0. The van der Waals surface area contributed by atoms with Crippen LogP contribution in [0, 0.1) is 11.6 Å². The lowest BCUT2D eigenvalue weighted by Crippen LogP contribution is -2.53. The SMILES string of the molecule is CN=C(NCCc1cnn(C)c1)N1CCN(c2cc(F)ccc2F)CC1.I. The van der Waals surface area contributed by atoms with Crippen LogP contribution in [-0.2, 0) is 13.5 Å². The molecular weight excluding hydrogens is 465 g/mol. The van der Waals surface area contributed by atoms with Crippen molar-refractivity contribution in [1.82, 2.24) is 20.0 Å². The summed E-state index contributed by atoms with van der Waals surface area (Å²) in [5, 5.41) is 7.52. The number of nitrogens with zero attached hydrogens (tertiary/aromatic N) is 5. The normalized spacial score (nSPS) is 14.9. The lowest BCUT2D eigenvalue weighted by molar-refractivity contribution is 0.371. The number of aliphatic imine (C=N–C) groups is 1. The molecule has 0 bridgehead atoms. The highest BCUT2D eigenvalue weighted by atomic mass is 127. The third kappa shape index (κ3) is 5.53. The number of hydrogen-bond donors (Lipinski definition) is 1. The molecule has 3 rings (SSSR count). The first kappa shape index (κ1) is 21.4. The Bertz CT molecular complexity index is 771. The highest BCUT2D eigenvalue weighted by Gasteiger charge is 2.21. The maximum absolute atomic E-state index is 13.9. The van der Waals surface area contributed by atoms with E-state index in [0.29, 0.717) is 31.9 Å². The number of aromatic nitrogens is 2. The van der Waals surface area contributed by atoms with Gasteiger partial charge in [0.1, 0.15) is 11.6 Å². The van der Waals surface area contributed by atoms with Crippen molar-refractivity contribution < 1.29 is 8.78 Å². The van der Waals surface area contributed by atoms with Gasteiger partial charge >= 0.3 is 0 Å². The Kier molecular flexibility index (Phi) is 7.81. The summed E-state index contributed by atoms with van der Waals surface area (Å²) in [6.07, 6.45) is 4.72. The molecule has 6 nitrogen and oxygen atoms in total. The Morgan fingerprint density at radius 1 is 1.22 bits per heavy atom.